The molecule has 1 heterocycles. The molecule has 0 aliphatic carbocycles. The predicted octanol–water partition coefficient (Wildman–Crippen LogP) is 4.24. The minimum absolute atomic E-state index is 0.00767. The largest absolute Gasteiger partial charge is 0.326 e. The molecular formula is C23H33N3O4. The number of imide groups is 1. The topological polar surface area (TPSA) is 95.6 Å². The Balaban J connectivity index is 1.44. The van der Waals surface area contributed by atoms with E-state index in [0.29, 0.717) is 31.5 Å². The maximum Gasteiger partial charge on any atom is 0.229 e. The van der Waals surface area contributed by atoms with E-state index in [0.717, 1.165) is 57.1 Å². The second-order valence-electron chi connectivity index (χ2n) is 7.82. The summed E-state index contributed by atoms with van der Waals surface area (Å²) < 4.78 is 0. The van der Waals surface area contributed by atoms with Gasteiger partial charge < -0.3 is 10.6 Å². The third-order valence-electron chi connectivity index (χ3n) is 5.18. The van der Waals surface area contributed by atoms with Crippen LogP contribution in [0.4, 0.5) is 11.4 Å². The second kappa shape index (κ2) is 12.8. The van der Waals surface area contributed by atoms with Crippen molar-refractivity contribution in [3.8, 4) is 0 Å². The second-order valence-corrected chi connectivity index (χ2v) is 7.82. The Bertz CT molecular complexity index is 714. The molecule has 7 heteroatoms. The average Bonchev–Trinajstić information content (AvgIpc) is 3.02. The molecular weight excluding hydrogens is 382 g/mol. The third kappa shape index (κ3) is 8.76. The first-order chi connectivity index (χ1) is 14.5. The summed E-state index contributed by atoms with van der Waals surface area (Å²) in [5.41, 5.74) is 1.44. The van der Waals surface area contributed by atoms with Gasteiger partial charge in [0.2, 0.25) is 23.6 Å². The van der Waals surface area contributed by atoms with Crippen molar-refractivity contribution in [3.05, 3.63) is 24.3 Å². The Morgan fingerprint density at radius 2 is 1.23 bits per heavy atom. The molecule has 2 N–H and O–H groups in total. The number of benzene rings is 1. The Morgan fingerprint density at radius 1 is 0.767 bits per heavy atom. The van der Waals surface area contributed by atoms with Crippen molar-refractivity contribution in [2.45, 2.75) is 77.6 Å². The van der Waals surface area contributed by atoms with E-state index in [1.54, 1.807) is 24.3 Å². The van der Waals surface area contributed by atoms with E-state index >= 15 is 0 Å². The fourth-order valence-corrected chi connectivity index (χ4v) is 3.55. The molecule has 0 unspecified atom stereocenters. The van der Waals surface area contributed by atoms with Crippen molar-refractivity contribution >= 4 is 35.0 Å². The molecule has 2 rings (SSSR count). The van der Waals surface area contributed by atoms with Crippen LogP contribution in [0.15, 0.2) is 24.3 Å². The quantitative estimate of drug-likeness (QED) is 0.372. The van der Waals surface area contributed by atoms with Crippen LogP contribution >= 0.6 is 0 Å². The highest BCUT2D eigenvalue weighted by molar-refractivity contribution is 6.01. The molecule has 164 valence electrons. The highest BCUT2D eigenvalue weighted by Crippen LogP contribution is 2.16. The number of nitrogens with one attached hydrogen (secondary N) is 2. The van der Waals surface area contributed by atoms with E-state index < -0.39 is 0 Å². The van der Waals surface area contributed by atoms with Crippen LogP contribution in [0.3, 0.4) is 0 Å². The van der Waals surface area contributed by atoms with Crippen LogP contribution in [-0.4, -0.2) is 35.1 Å². The number of hydrogen-bond donors (Lipinski definition) is 2. The molecule has 0 saturated carbocycles. The molecule has 0 atom stereocenters. The molecule has 1 aromatic carbocycles. The minimum atomic E-state index is -0.123. The van der Waals surface area contributed by atoms with Gasteiger partial charge in [-0.1, -0.05) is 38.5 Å². The van der Waals surface area contributed by atoms with E-state index in [9.17, 15) is 19.2 Å². The van der Waals surface area contributed by atoms with Crippen molar-refractivity contribution in [3.63, 3.8) is 0 Å². The molecule has 7 nitrogen and oxygen atoms in total. The van der Waals surface area contributed by atoms with Crippen LogP contribution < -0.4 is 10.6 Å². The fraction of sp³-hybridized carbons (Fsp3) is 0.565. The van der Waals surface area contributed by atoms with E-state index in [1.165, 1.54) is 11.8 Å². The Kier molecular flexibility index (Phi) is 10.0. The van der Waals surface area contributed by atoms with Crippen LogP contribution in [-0.2, 0) is 19.2 Å². The summed E-state index contributed by atoms with van der Waals surface area (Å²) in [7, 11) is 0. The predicted molar refractivity (Wildman–Crippen MR) is 117 cm³/mol. The maximum atomic E-state index is 12.0. The van der Waals surface area contributed by atoms with Crippen molar-refractivity contribution < 1.29 is 19.2 Å². The molecule has 0 radical (unpaired) electrons. The summed E-state index contributed by atoms with van der Waals surface area (Å²) in [6.07, 6.45) is 9.62. The van der Waals surface area contributed by atoms with E-state index in [2.05, 4.69) is 10.6 Å². The molecule has 1 aliphatic rings. The summed E-state index contributed by atoms with van der Waals surface area (Å²) in [5, 5.41) is 5.56. The van der Waals surface area contributed by atoms with Gasteiger partial charge in [-0.15, -0.1) is 0 Å². The van der Waals surface area contributed by atoms with Crippen LogP contribution in [0.1, 0.15) is 77.6 Å². The minimum Gasteiger partial charge on any atom is -0.326 e. The van der Waals surface area contributed by atoms with Gasteiger partial charge >= 0.3 is 0 Å². The van der Waals surface area contributed by atoms with E-state index in [-0.39, 0.29) is 23.6 Å². The van der Waals surface area contributed by atoms with Crippen molar-refractivity contribution in [1.29, 1.82) is 0 Å². The molecule has 1 saturated heterocycles. The number of carbonyl (C=O) groups is 4. The Morgan fingerprint density at radius 3 is 1.77 bits per heavy atom. The van der Waals surface area contributed by atoms with Gasteiger partial charge in [0.25, 0.3) is 0 Å². The Hall–Kier alpha value is -2.70. The van der Waals surface area contributed by atoms with Crippen LogP contribution in [0.25, 0.3) is 0 Å². The van der Waals surface area contributed by atoms with E-state index in [1.807, 2.05) is 0 Å². The molecule has 1 fully saturated rings. The van der Waals surface area contributed by atoms with Crippen LogP contribution in [0.2, 0.25) is 0 Å². The number of unbranched alkanes of at least 4 members (excludes halogenated alkanes) is 7. The highest BCUT2D eigenvalue weighted by Gasteiger charge is 2.27. The van der Waals surface area contributed by atoms with E-state index in [4.69, 9.17) is 0 Å². The molecule has 0 spiro atoms. The zero-order chi connectivity index (χ0) is 21.8. The number of nitrogens with zero attached hydrogens (tertiary/aromatic N) is 1. The monoisotopic (exact) mass is 415 g/mol. The normalized spacial score (nSPS) is 13.6. The van der Waals surface area contributed by atoms with Crippen molar-refractivity contribution in [2.75, 3.05) is 17.2 Å². The number of amides is 4. The SMILES string of the molecule is CC(=O)Nc1ccc(NC(=O)CCCCCCCCCCN2C(=O)CCC2=O)cc1. The fourth-order valence-electron chi connectivity index (χ4n) is 3.55. The number of rotatable bonds is 13. The lowest BCUT2D eigenvalue weighted by molar-refractivity contribution is -0.138. The zero-order valence-electron chi connectivity index (χ0n) is 17.9. The summed E-state index contributed by atoms with van der Waals surface area (Å²) in [5.74, 6) is -0.160. The first-order valence-corrected chi connectivity index (χ1v) is 11.0. The molecule has 0 bridgehead atoms. The van der Waals surface area contributed by atoms with Gasteiger partial charge in [-0.2, -0.15) is 0 Å². The average molecular weight is 416 g/mol. The summed E-state index contributed by atoms with van der Waals surface area (Å²) in [6, 6.07) is 7.08. The van der Waals surface area contributed by atoms with Gasteiger partial charge in [-0.3, -0.25) is 24.1 Å². The lowest BCUT2D eigenvalue weighted by Crippen LogP contribution is -2.29. The zero-order valence-corrected chi connectivity index (χ0v) is 17.9. The molecule has 30 heavy (non-hydrogen) atoms. The summed E-state index contributed by atoms with van der Waals surface area (Å²) >= 11 is 0. The smallest absolute Gasteiger partial charge is 0.229 e. The number of hydrogen-bond acceptors (Lipinski definition) is 4. The summed E-state index contributed by atoms with van der Waals surface area (Å²) in [4.78, 5) is 47.4. The number of carbonyl (C=O) groups excluding carboxylic acids is 4. The molecule has 1 aromatic rings. The third-order valence-corrected chi connectivity index (χ3v) is 5.18. The van der Waals surface area contributed by atoms with Gasteiger partial charge in [0.15, 0.2) is 0 Å². The first kappa shape index (κ1) is 23.6. The van der Waals surface area contributed by atoms with Gasteiger partial charge in [-0.25, -0.2) is 0 Å². The standard InChI is InChI=1S/C23H33N3O4/c1-18(27)24-19-11-13-20(14-12-19)25-21(28)10-8-6-4-2-3-5-7-9-17-26-22(29)15-16-23(26)30/h11-14H,2-10,15-17H2,1H3,(H,24,27)(H,25,28). The molecule has 1 aliphatic heterocycles. The maximum absolute atomic E-state index is 12.0. The number of anilines is 2. The Labute approximate surface area is 178 Å². The van der Waals surface area contributed by atoms with Gasteiger partial charge in [0, 0.05) is 44.1 Å². The number of likely N-dealkylation sites (tertiary alicyclic amines) is 1. The van der Waals surface area contributed by atoms with Crippen molar-refractivity contribution in [1.82, 2.24) is 4.90 Å². The van der Waals surface area contributed by atoms with Crippen molar-refractivity contribution in [2.24, 2.45) is 0 Å². The van der Waals surface area contributed by atoms with Crippen LogP contribution in [0.5, 0.6) is 0 Å². The summed E-state index contributed by atoms with van der Waals surface area (Å²) in [6.45, 7) is 2.03. The lowest BCUT2D eigenvalue weighted by Gasteiger charge is -2.13. The highest BCUT2D eigenvalue weighted by atomic mass is 16.2. The lowest BCUT2D eigenvalue weighted by atomic mass is 10.1. The first-order valence-electron chi connectivity index (χ1n) is 11.0. The van der Waals surface area contributed by atoms with Crippen LogP contribution in [0, 0.1) is 0 Å². The molecule has 0 aromatic heterocycles. The molecule has 4 amide bonds. The van der Waals surface area contributed by atoms with Gasteiger partial charge in [0.1, 0.15) is 0 Å². The van der Waals surface area contributed by atoms with Gasteiger partial charge in [-0.05, 0) is 37.1 Å². The van der Waals surface area contributed by atoms with Gasteiger partial charge in [0.05, 0.1) is 0 Å².